The van der Waals surface area contributed by atoms with Crippen molar-refractivity contribution < 1.29 is 9.63 Å². The van der Waals surface area contributed by atoms with Crippen molar-refractivity contribution in [3.8, 4) is 0 Å². The van der Waals surface area contributed by atoms with E-state index < -0.39 is 11.8 Å². The average molecular weight is 158 g/mol. The van der Waals surface area contributed by atoms with Crippen LogP contribution in [0.4, 0.5) is 0 Å². The number of Topliss-reactive ketones (excluding diaryl/α,β-unsaturated/α-hetero) is 1. The molecule has 0 heterocycles. The lowest BCUT2D eigenvalue weighted by Crippen LogP contribution is -2.22. The molecule has 0 radical (unpaired) electrons. The van der Waals surface area contributed by atoms with Crippen LogP contribution >= 0.6 is 0 Å². The molecule has 0 amide bonds. The first-order chi connectivity index (χ1) is 5.13. The van der Waals surface area contributed by atoms with Crippen molar-refractivity contribution in [3.63, 3.8) is 0 Å². The Balaban J connectivity index is 4.24. The summed E-state index contributed by atoms with van der Waals surface area (Å²) in [5.74, 6) is -0.415. The van der Waals surface area contributed by atoms with Crippen molar-refractivity contribution >= 4 is 11.5 Å². The molecule has 0 aromatic carbocycles. The van der Waals surface area contributed by atoms with Gasteiger partial charge in [-0.05, 0) is 13.8 Å². The van der Waals surface area contributed by atoms with E-state index >= 15 is 0 Å². The van der Waals surface area contributed by atoms with Crippen LogP contribution in [0.1, 0.15) is 13.8 Å². The van der Waals surface area contributed by atoms with Crippen molar-refractivity contribution in [2.24, 2.45) is 10.3 Å². The quantitative estimate of drug-likeness (QED) is 0.344. The van der Waals surface area contributed by atoms with Gasteiger partial charge >= 0.3 is 0 Å². The van der Waals surface area contributed by atoms with Crippen LogP contribution in [-0.2, 0) is 9.63 Å². The summed E-state index contributed by atoms with van der Waals surface area (Å²) in [6, 6.07) is -0.881. The highest BCUT2D eigenvalue weighted by atomic mass is 16.6. The Labute approximate surface area is 64.4 Å². The van der Waals surface area contributed by atoms with E-state index in [9.17, 15) is 9.70 Å². The van der Waals surface area contributed by atoms with Crippen molar-refractivity contribution in [2.75, 3.05) is 7.11 Å². The summed E-state index contributed by atoms with van der Waals surface area (Å²) in [6.07, 6.45) is 0. The topological polar surface area (TPSA) is 68.1 Å². The smallest absolute Gasteiger partial charge is 0.207 e. The van der Waals surface area contributed by atoms with Crippen LogP contribution in [0.15, 0.2) is 10.3 Å². The fourth-order valence-electron chi connectivity index (χ4n) is 0.532. The second-order valence-electron chi connectivity index (χ2n) is 2.00. The van der Waals surface area contributed by atoms with E-state index in [-0.39, 0.29) is 5.71 Å². The molecule has 5 nitrogen and oxygen atoms in total. The number of nitroso groups, excluding NO2 is 1. The molecule has 0 fully saturated rings. The monoisotopic (exact) mass is 158 g/mol. The molecule has 1 unspecified atom stereocenters. The van der Waals surface area contributed by atoms with Gasteiger partial charge in [0, 0.05) is 0 Å². The highest BCUT2D eigenvalue weighted by Gasteiger charge is 2.16. The Bertz CT molecular complexity index is 188. The highest BCUT2D eigenvalue weighted by molar-refractivity contribution is 6.40. The van der Waals surface area contributed by atoms with Crippen LogP contribution in [-0.4, -0.2) is 24.6 Å². The number of carbonyl (C=O) groups is 1. The largest absolute Gasteiger partial charge is 0.399 e. The first-order valence-electron chi connectivity index (χ1n) is 3.08. The molecular formula is C6H10N2O3. The molecule has 0 aliphatic carbocycles. The molecular weight excluding hydrogens is 148 g/mol. The molecule has 0 aromatic heterocycles. The molecule has 0 spiro atoms. The maximum atomic E-state index is 11.0. The van der Waals surface area contributed by atoms with E-state index in [1.54, 1.807) is 0 Å². The van der Waals surface area contributed by atoms with E-state index in [1.807, 2.05) is 0 Å². The third kappa shape index (κ3) is 2.88. The minimum absolute atomic E-state index is 0.152. The Morgan fingerprint density at radius 2 is 2.09 bits per heavy atom. The van der Waals surface area contributed by atoms with Crippen LogP contribution in [0.5, 0.6) is 0 Å². The lowest BCUT2D eigenvalue weighted by Gasteiger charge is -1.98. The van der Waals surface area contributed by atoms with E-state index in [0.717, 1.165) is 0 Å². The summed E-state index contributed by atoms with van der Waals surface area (Å²) in [7, 11) is 1.33. The Kier molecular flexibility index (Phi) is 4.02. The molecule has 1 atom stereocenters. The number of rotatable bonds is 4. The maximum Gasteiger partial charge on any atom is 0.207 e. The summed E-state index contributed by atoms with van der Waals surface area (Å²) >= 11 is 0. The zero-order valence-electron chi connectivity index (χ0n) is 6.70. The molecule has 0 N–H and O–H groups in total. The third-order valence-electron chi connectivity index (χ3n) is 1.12. The minimum atomic E-state index is -0.881. The zero-order valence-corrected chi connectivity index (χ0v) is 6.70. The zero-order chi connectivity index (χ0) is 8.85. The number of hydrogen-bond donors (Lipinski definition) is 0. The number of oxime groups is 1. The lowest BCUT2D eigenvalue weighted by molar-refractivity contribution is -0.113. The van der Waals surface area contributed by atoms with Crippen LogP contribution in [0.2, 0.25) is 0 Å². The van der Waals surface area contributed by atoms with Gasteiger partial charge in [-0.3, -0.25) is 4.79 Å². The average Bonchev–Trinajstić information content (AvgIpc) is 2.02. The fraction of sp³-hybridized carbons (Fsp3) is 0.667. The van der Waals surface area contributed by atoms with E-state index in [2.05, 4.69) is 15.2 Å². The number of ketones is 1. The van der Waals surface area contributed by atoms with Crippen LogP contribution < -0.4 is 0 Å². The Morgan fingerprint density at radius 3 is 2.45 bits per heavy atom. The van der Waals surface area contributed by atoms with Gasteiger partial charge in [0.15, 0.2) is 6.04 Å². The van der Waals surface area contributed by atoms with Crippen LogP contribution in [0, 0.1) is 4.91 Å². The van der Waals surface area contributed by atoms with Crippen molar-refractivity contribution in [2.45, 2.75) is 19.9 Å². The predicted molar refractivity (Wildman–Crippen MR) is 40.4 cm³/mol. The molecule has 0 aromatic rings. The van der Waals surface area contributed by atoms with Gasteiger partial charge in [0.05, 0.1) is 0 Å². The molecule has 0 rings (SSSR count). The molecule has 0 bridgehead atoms. The van der Waals surface area contributed by atoms with Gasteiger partial charge in [-0.25, -0.2) is 0 Å². The first-order valence-corrected chi connectivity index (χ1v) is 3.08. The molecule has 0 aliphatic rings. The lowest BCUT2D eigenvalue weighted by atomic mass is 10.1. The van der Waals surface area contributed by atoms with Gasteiger partial charge in [-0.2, -0.15) is 4.91 Å². The SMILES string of the molecule is CON=C(C)C(=O)C(C)N=O. The van der Waals surface area contributed by atoms with Crippen LogP contribution in [0.3, 0.4) is 0 Å². The van der Waals surface area contributed by atoms with Gasteiger partial charge in [0.1, 0.15) is 12.8 Å². The van der Waals surface area contributed by atoms with Gasteiger partial charge < -0.3 is 4.84 Å². The van der Waals surface area contributed by atoms with Crippen LogP contribution in [0.25, 0.3) is 0 Å². The van der Waals surface area contributed by atoms with E-state index in [4.69, 9.17) is 0 Å². The number of carbonyl (C=O) groups excluding carboxylic acids is 1. The second-order valence-corrected chi connectivity index (χ2v) is 2.00. The first kappa shape index (κ1) is 9.74. The normalized spacial score (nSPS) is 13.9. The van der Waals surface area contributed by atoms with Crippen molar-refractivity contribution in [1.82, 2.24) is 0 Å². The van der Waals surface area contributed by atoms with E-state index in [0.29, 0.717) is 0 Å². The summed E-state index contributed by atoms with van der Waals surface area (Å²) in [5, 5.41) is 5.92. The fourth-order valence-corrected chi connectivity index (χ4v) is 0.532. The predicted octanol–water partition coefficient (Wildman–Crippen LogP) is 0.733. The van der Waals surface area contributed by atoms with Crippen molar-refractivity contribution in [3.05, 3.63) is 4.91 Å². The molecule has 0 aliphatic heterocycles. The molecule has 62 valence electrons. The second kappa shape index (κ2) is 4.54. The third-order valence-corrected chi connectivity index (χ3v) is 1.12. The number of hydrogen-bond acceptors (Lipinski definition) is 5. The summed E-state index contributed by atoms with van der Waals surface area (Å²) in [5.41, 5.74) is 0.152. The van der Waals surface area contributed by atoms with Gasteiger partial charge in [-0.15, -0.1) is 0 Å². The molecule has 0 saturated carbocycles. The summed E-state index contributed by atoms with van der Waals surface area (Å²) in [4.78, 5) is 25.2. The van der Waals surface area contributed by atoms with Gasteiger partial charge in [0.2, 0.25) is 5.78 Å². The van der Waals surface area contributed by atoms with E-state index in [1.165, 1.54) is 21.0 Å². The number of nitrogens with zero attached hydrogens (tertiary/aromatic N) is 2. The summed E-state index contributed by atoms with van der Waals surface area (Å²) in [6.45, 7) is 2.87. The Morgan fingerprint density at radius 1 is 1.55 bits per heavy atom. The van der Waals surface area contributed by atoms with Gasteiger partial charge in [-0.1, -0.05) is 10.3 Å². The van der Waals surface area contributed by atoms with Crippen molar-refractivity contribution in [1.29, 1.82) is 0 Å². The maximum absolute atomic E-state index is 11.0. The molecule has 5 heteroatoms. The Hall–Kier alpha value is -1.26. The standard InChI is InChI=1S/C6H10N2O3/c1-4(7-10)6(9)5(2)8-11-3/h4H,1-3H3. The molecule has 0 saturated heterocycles. The minimum Gasteiger partial charge on any atom is -0.399 e. The summed E-state index contributed by atoms with van der Waals surface area (Å²) < 4.78 is 0. The van der Waals surface area contributed by atoms with Gasteiger partial charge in [0.25, 0.3) is 0 Å². The highest BCUT2D eigenvalue weighted by Crippen LogP contribution is 1.93. The molecule has 11 heavy (non-hydrogen) atoms.